The summed E-state index contributed by atoms with van der Waals surface area (Å²) >= 11 is 0. The van der Waals surface area contributed by atoms with Gasteiger partial charge in [0, 0.05) is 23.3 Å². The number of hydrogen-bond donors (Lipinski definition) is 1. The van der Waals surface area contributed by atoms with Gasteiger partial charge in [0.05, 0.1) is 11.0 Å². The van der Waals surface area contributed by atoms with Crippen LogP contribution in [0.15, 0.2) is 48.5 Å². The number of carbonyl (C=O) groups excluding carboxylic acids is 1. The molecule has 2 aromatic carbocycles. The molecule has 0 fully saturated rings. The van der Waals surface area contributed by atoms with E-state index in [4.69, 9.17) is 0 Å². The number of nitro groups is 1. The maximum atomic E-state index is 12.5. The van der Waals surface area contributed by atoms with Gasteiger partial charge in [-0.05, 0) is 24.6 Å². The summed E-state index contributed by atoms with van der Waals surface area (Å²) in [5.74, 6) is -0.470. The largest absolute Gasteiger partial charge is 0.434 e. The van der Waals surface area contributed by atoms with E-state index in [1.54, 1.807) is 25.1 Å². The Bertz CT molecular complexity index is 751. The fraction of sp³-hybridized carbons (Fsp3) is 0.235. The number of para-hydroxylation sites is 1. The van der Waals surface area contributed by atoms with E-state index in [2.05, 4.69) is 10.1 Å². The average Bonchev–Trinajstić information content (AvgIpc) is 2.59. The molecule has 0 spiro atoms. The third-order valence-electron chi connectivity index (χ3n) is 3.56. The van der Waals surface area contributed by atoms with Crippen LogP contribution in [0.25, 0.3) is 0 Å². The first-order valence-electron chi connectivity index (χ1n) is 7.51. The van der Waals surface area contributed by atoms with Crippen LogP contribution in [0.4, 0.5) is 14.5 Å². The zero-order valence-corrected chi connectivity index (χ0v) is 13.3. The van der Waals surface area contributed by atoms with Crippen LogP contribution >= 0.6 is 0 Å². The predicted octanol–water partition coefficient (Wildman–Crippen LogP) is 4.08. The first-order valence-corrected chi connectivity index (χ1v) is 7.51. The summed E-state index contributed by atoms with van der Waals surface area (Å²) in [6.07, 6.45) is 0.447. The van der Waals surface area contributed by atoms with Crippen LogP contribution in [0.1, 0.15) is 35.3 Å². The zero-order chi connectivity index (χ0) is 18.4. The molecule has 0 radical (unpaired) electrons. The summed E-state index contributed by atoms with van der Waals surface area (Å²) in [5, 5.41) is 13.4. The first-order chi connectivity index (χ1) is 11.9. The molecule has 1 N–H and O–H groups in total. The van der Waals surface area contributed by atoms with Crippen molar-refractivity contribution in [3.8, 4) is 5.75 Å². The lowest BCUT2D eigenvalue weighted by Gasteiger charge is -2.20. The Kier molecular flexibility index (Phi) is 5.99. The Balaban J connectivity index is 2.19. The van der Waals surface area contributed by atoms with Crippen LogP contribution in [0, 0.1) is 10.1 Å². The highest BCUT2D eigenvalue weighted by atomic mass is 19.3. The first kappa shape index (κ1) is 18.3. The van der Waals surface area contributed by atoms with Crippen molar-refractivity contribution in [2.24, 2.45) is 0 Å². The Morgan fingerprint density at radius 2 is 1.84 bits per heavy atom. The summed E-state index contributed by atoms with van der Waals surface area (Å²) in [7, 11) is 0. The molecule has 1 amide bonds. The van der Waals surface area contributed by atoms with E-state index in [0.29, 0.717) is 12.0 Å². The van der Waals surface area contributed by atoms with Gasteiger partial charge in [-0.25, -0.2) is 0 Å². The Morgan fingerprint density at radius 1 is 1.20 bits per heavy atom. The van der Waals surface area contributed by atoms with Gasteiger partial charge in [-0.15, -0.1) is 0 Å². The molecule has 0 aliphatic carbocycles. The highest BCUT2D eigenvalue weighted by Gasteiger charge is 2.19. The number of hydrogen-bond acceptors (Lipinski definition) is 4. The van der Waals surface area contributed by atoms with Crippen molar-refractivity contribution in [1.82, 2.24) is 5.32 Å². The number of nitrogens with zero attached hydrogens (tertiary/aromatic N) is 1. The van der Waals surface area contributed by atoms with Gasteiger partial charge in [0.1, 0.15) is 5.75 Å². The van der Waals surface area contributed by atoms with E-state index < -0.39 is 23.5 Å². The van der Waals surface area contributed by atoms with E-state index in [1.807, 2.05) is 0 Å². The number of carbonyl (C=O) groups is 1. The van der Waals surface area contributed by atoms with E-state index in [-0.39, 0.29) is 17.0 Å². The van der Waals surface area contributed by atoms with Crippen molar-refractivity contribution < 1.29 is 23.2 Å². The fourth-order valence-electron chi connectivity index (χ4n) is 2.35. The molecule has 0 heterocycles. The second-order valence-electron chi connectivity index (χ2n) is 5.15. The number of nitro benzene ring substituents is 1. The molecule has 0 bridgehead atoms. The third-order valence-corrected chi connectivity index (χ3v) is 3.56. The smallest absolute Gasteiger partial charge is 0.387 e. The molecule has 0 aromatic heterocycles. The van der Waals surface area contributed by atoms with Crippen LogP contribution in [0.2, 0.25) is 0 Å². The summed E-state index contributed by atoms with van der Waals surface area (Å²) in [6.45, 7) is -1.18. The second kappa shape index (κ2) is 8.18. The lowest BCUT2D eigenvalue weighted by atomic mass is 10.0. The monoisotopic (exact) mass is 350 g/mol. The number of alkyl halides is 2. The Morgan fingerprint density at radius 3 is 2.40 bits per heavy atom. The van der Waals surface area contributed by atoms with Gasteiger partial charge >= 0.3 is 6.61 Å². The number of amides is 1. The molecule has 25 heavy (non-hydrogen) atoms. The second-order valence-corrected chi connectivity index (χ2v) is 5.15. The van der Waals surface area contributed by atoms with Gasteiger partial charge in [0.15, 0.2) is 0 Å². The highest BCUT2D eigenvalue weighted by molar-refractivity contribution is 5.94. The quantitative estimate of drug-likeness (QED) is 0.603. The molecule has 0 aliphatic rings. The highest BCUT2D eigenvalue weighted by Crippen LogP contribution is 2.28. The number of ether oxygens (including phenoxy) is 1. The summed E-state index contributed by atoms with van der Waals surface area (Å²) < 4.78 is 29.6. The topological polar surface area (TPSA) is 81.5 Å². The average molecular weight is 350 g/mol. The number of halogens is 2. The molecular formula is C17H16F2N2O4. The summed E-state index contributed by atoms with van der Waals surface area (Å²) in [4.78, 5) is 22.4. The summed E-state index contributed by atoms with van der Waals surface area (Å²) in [6, 6.07) is 10.8. The fourth-order valence-corrected chi connectivity index (χ4v) is 2.35. The van der Waals surface area contributed by atoms with E-state index in [0.717, 1.165) is 0 Å². The molecule has 132 valence electrons. The molecular weight excluding hydrogens is 334 g/mol. The van der Waals surface area contributed by atoms with E-state index in [1.165, 1.54) is 30.3 Å². The van der Waals surface area contributed by atoms with Gasteiger partial charge < -0.3 is 10.1 Å². The van der Waals surface area contributed by atoms with Crippen LogP contribution in [0.5, 0.6) is 5.75 Å². The van der Waals surface area contributed by atoms with Gasteiger partial charge in [0.2, 0.25) is 0 Å². The standard InChI is InChI=1S/C17H16F2N2O4/c1-2-14(13-5-3-4-6-15(13)25-17(18)19)20-16(22)11-7-9-12(10-8-11)21(23)24/h3-10,14,17H,2H2,1H3,(H,20,22)/t14-/m0/s1. The van der Waals surface area contributed by atoms with Crippen LogP contribution in [-0.4, -0.2) is 17.4 Å². The van der Waals surface area contributed by atoms with Gasteiger partial charge in [-0.3, -0.25) is 14.9 Å². The van der Waals surface area contributed by atoms with Crippen LogP contribution in [-0.2, 0) is 0 Å². The van der Waals surface area contributed by atoms with E-state index >= 15 is 0 Å². The lowest BCUT2D eigenvalue weighted by Crippen LogP contribution is -2.28. The SMILES string of the molecule is CC[C@H](NC(=O)c1ccc([N+](=O)[O-])cc1)c1ccccc1OC(F)F. The van der Waals surface area contributed by atoms with Crippen LogP contribution in [0.3, 0.4) is 0 Å². The van der Waals surface area contributed by atoms with Crippen molar-refractivity contribution in [3.63, 3.8) is 0 Å². The molecule has 0 saturated carbocycles. The maximum absolute atomic E-state index is 12.5. The number of nitrogens with one attached hydrogen (secondary N) is 1. The van der Waals surface area contributed by atoms with Gasteiger partial charge in [-0.1, -0.05) is 25.1 Å². The zero-order valence-electron chi connectivity index (χ0n) is 13.3. The molecule has 0 unspecified atom stereocenters. The molecule has 0 aliphatic heterocycles. The third kappa shape index (κ3) is 4.72. The molecule has 8 heteroatoms. The maximum Gasteiger partial charge on any atom is 0.387 e. The lowest BCUT2D eigenvalue weighted by molar-refractivity contribution is -0.384. The number of benzene rings is 2. The van der Waals surface area contributed by atoms with Crippen molar-refractivity contribution in [3.05, 3.63) is 69.8 Å². The van der Waals surface area contributed by atoms with Crippen molar-refractivity contribution in [2.75, 3.05) is 0 Å². The normalized spacial score (nSPS) is 11.8. The van der Waals surface area contributed by atoms with Crippen molar-refractivity contribution >= 4 is 11.6 Å². The minimum absolute atomic E-state index is 0.00616. The Labute approximate surface area is 142 Å². The van der Waals surface area contributed by atoms with Gasteiger partial charge in [-0.2, -0.15) is 8.78 Å². The van der Waals surface area contributed by atoms with Crippen molar-refractivity contribution in [1.29, 1.82) is 0 Å². The molecule has 0 saturated heterocycles. The molecule has 2 rings (SSSR count). The number of rotatable bonds is 7. The molecule has 2 aromatic rings. The minimum atomic E-state index is -2.97. The van der Waals surface area contributed by atoms with E-state index in [9.17, 15) is 23.7 Å². The predicted molar refractivity (Wildman–Crippen MR) is 86.7 cm³/mol. The van der Waals surface area contributed by atoms with Crippen LogP contribution < -0.4 is 10.1 Å². The summed E-state index contributed by atoms with van der Waals surface area (Å²) in [5.41, 5.74) is 0.538. The molecule has 6 nitrogen and oxygen atoms in total. The van der Waals surface area contributed by atoms with Crippen molar-refractivity contribution in [2.45, 2.75) is 26.0 Å². The molecule has 1 atom stereocenters. The number of non-ortho nitro benzene ring substituents is 1. The van der Waals surface area contributed by atoms with Gasteiger partial charge in [0.25, 0.3) is 11.6 Å². The Hall–Kier alpha value is -3.03. The minimum Gasteiger partial charge on any atom is -0.434 e.